The van der Waals surface area contributed by atoms with Crippen LogP contribution in [-0.2, 0) is 11.2 Å². The maximum Gasteiger partial charge on any atom is 0.269 e. The highest BCUT2D eigenvalue weighted by molar-refractivity contribution is 5.96. The second kappa shape index (κ2) is 7.70. The van der Waals surface area contributed by atoms with Crippen molar-refractivity contribution in [2.24, 2.45) is 0 Å². The van der Waals surface area contributed by atoms with E-state index in [0.29, 0.717) is 43.1 Å². The predicted octanol–water partition coefficient (Wildman–Crippen LogP) is 2.16. The molecule has 0 radical (unpaired) electrons. The van der Waals surface area contributed by atoms with Crippen LogP contribution in [0, 0.1) is 6.92 Å². The molecule has 1 aliphatic heterocycles. The molecular weight excluding hydrogens is 320 g/mol. The number of hydrogen-bond donors (Lipinski definition) is 2. The third-order valence-corrected chi connectivity index (χ3v) is 3.88. The number of carbonyl (C=O) groups excluding carboxylic acids is 2. The number of hydrogen-bond acceptors (Lipinski definition) is 4. The molecule has 0 spiro atoms. The average molecular weight is 340 g/mol. The van der Waals surface area contributed by atoms with E-state index in [0.717, 1.165) is 5.56 Å². The van der Waals surface area contributed by atoms with Crippen LogP contribution in [0.2, 0.25) is 0 Å². The van der Waals surface area contributed by atoms with Crippen molar-refractivity contribution in [2.75, 3.05) is 13.2 Å². The highest BCUT2D eigenvalue weighted by atomic mass is 16.6. The number of benzene rings is 2. The highest BCUT2D eigenvalue weighted by Gasteiger charge is 2.15. The van der Waals surface area contributed by atoms with Crippen LogP contribution < -0.4 is 20.3 Å². The fourth-order valence-corrected chi connectivity index (χ4v) is 2.46. The van der Waals surface area contributed by atoms with E-state index in [1.54, 1.807) is 18.2 Å². The van der Waals surface area contributed by atoms with E-state index in [1.165, 1.54) is 5.56 Å². The van der Waals surface area contributed by atoms with Crippen LogP contribution >= 0.6 is 0 Å². The molecule has 6 nitrogen and oxygen atoms in total. The van der Waals surface area contributed by atoms with Gasteiger partial charge in [-0.05, 0) is 37.1 Å². The third kappa shape index (κ3) is 4.50. The van der Waals surface area contributed by atoms with Gasteiger partial charge in [0.2, 0.25) is 5.91 Å². The zero-order valence-electron chi connectivity index (χ0n) is 14.0. The number of nitrogens with one attached hydrogen (secondary N) is 2. The van der Waals surface area contributed by atoms with Crippen LogP contribution in [0.1, 0.15) is 27.9 Å². The molecule has 0 fully saturated rings. The van der Waals surface area contributed by atoms with E-state index < -0.39 is 5.91 Å². The number of hydrazine groups is 1. The molecule has 3 rings (SSSR count). The van der Waals surface area contributed by atoms with Crippen molar-refractivity contribution in [3.63, 3.8) is 0 Å². The van der Waals surface area contributed by atoms with Gasteiger partial charge in [-0.1, -0.05) is 29.8 Å². The summed E-state index contributed by atoms with van der Waals surface area (Å²) in [6.45, 7) is 2.97. The van der Waals surface area contributed by atoms with E-state index in [4.69, 9.17) is 9.47 Å². The first-order valence-electron chi connectivity index (χ1n) is 8.16. The summed E-state index contributed by atoms with van der Waals surface area (Å²) in [7, 11) is 0. The predicted molar refractivity (Wildman–Crippen MR) is 92.5 cm³/mol. The van der Waals surface area contributed by atoms with Crippen LogP contribution in [-0.4, -0.2) is 25.0 Å². The topological polar surface area (TPSA) is 76.7 Å². The fraction of sp³-hybridized carbons (Fsp3) is 0.263. The third-order valence-electron chi connectivity index (χ3n) is 3.88. The first-order valence-corrected chi connectivity index (χ1v) is 8.16. The number of aryl methyl sites for hydroxylation is 2. The minimum absolute atomic E-state index is 0.244. The molecule has 2 amide bonds. The van der Waals surface area contributed by atoms with E-state index >= 15 is 0 Å². The Labute approximate surface area is 146 Å². The van der Waals surface area contributed by atoms with Crippen LogP contribution in [0.15, 0.2) is 42.5 Å². The molecule has 0 bridgehead atoms. The van der Waals surface area contributed by atoms with Gasteiger partial charge in [-0.15, -0.1) is 0 Å². The summed E-state index contributed by atoms with van der Waals surface area (Å²) in [5.74, 6) is 0.502. The van der Waals surface area contributed by atoms with Crippen molar-refractivity contribution in [1.29, 1.82) is 0 Å². The highest BCUT2D eigenvalue weighted by Crippen LogP contribution is 2.30. The molecule has 0 aliphatic carbocycles. The Kier molecular flexibility index (Phi) is 5.18. The molecule has 130 valence electrons. The van der Waals surface area contributed by atoms with E-state index in [9.17, 15) is 9.59 Å². The summed E-state index contributed by atoms with van der Waals surface area (Å²) in [5.41, 5.74) is 7.50. The zero-order chi connectivity index (χ0) is 17.6. The molecule has 0 atom stereocenters. The number of rotatable bonds is 4. The summed E-state index contributed by atoms with van der Waals surface area (Å²) < 4.78 is 10.9. The summed E-state index contributed by atoms with van der Waals surface area (Å²) in [5, 5.41) is 0. The first-order chi connectivity index (χ1) is 12.1. The lowest BCUT2D eigenvalue weighted by Crippen LogP contribution is -2.41. The van der Waals surface area contributed by atoms with Gasteiger partial charge in [-0.3, -0.25) is 20.4 Å². The Balaban J connectivity index is 1.48. The minimum Gasteiger partial charge on any atom is -0.486 e. The van der Waals surface area contributed by atoms with Gasteiger partial charge in [0.15, 0.2) is 11.5 Å². The molecule has 0 saturated carbocycles. The van der Waals surface area contributed by atoms with E-state index in [2.05, 4.69) is 10.9 Å². The van der Waals surface area contributed by atoms with Gasteiger partial charge in [0.1, 0.15) is 13.2 Å². The Morgan fingerprint density at radius 3 is 2.44 bits per heavy atom. The summed E-state index contributed by atoms with van der Waals surface area (Å²) in [6.07, 6.45) is 0.913. The standard InChI is InChI=1S/C19H20N2O4/c1-13-2-4-14(5-3-13)6-9-18(22)20-21-19(23)15-7-8-16-17(12-15)25-11-10-24-16/h2-5,7-8,12H,6,9-11H2,1H3,(H,20,22)(H,21,23). The Bertz CT molecular complexity index is 771. The lowest BCUT2D eigenvalue weighted by atomic mass is 10.1. The van der Waals surface area contributed by atoms with Crippen LogP contribution in [0.4, 0.5) is 0 Å². The molecule has 0 aromatic heterocycles. The quantitative estimate of drug-likeness (QED) is 0.836. The molecule has 0 unspecified atom stereocenters. The van der Waals surface area contributed by atoms with Gasteiger partial charge < -0.3 is 9.47 Å². The molecule has 1 heterocycles. The first kappa shape index (κ1) is 16.8. The van der Waals surface area contributed by atoms with E-state index in [1.807, 2.05) is 31.2 Å². The lowest BCUT2D eigenvalue weighted by molar-refractivity contribution is -0.121. The van der Waals surface area contributed by atoms with Crippen molar-refractivity contribution in [2.45, 2.75) is 19.8 Å². The van der Waals surface area contributed by atoms with Crippen LogP contribution in [0.25, 0.3) is 0 Å². The zero-order valence-corrected chi connectivity index (χ0v) is 14.0. The second-order valence-corrected chi connectivity index (χ2v) is 5.85. The number of fused-ring (bicyclic) bond motifs is 1. The summed E-state index contributed by atoms with van der Waals surface area (Å²) in [6, 6.07) is 12.9. The molecule has 2 N–H and O–H groups in total. The van der Waals surface area contributed by atoms with Gasteiger partial charge in [-0.2, -0.15) is 0 Å². The summed E-state index contributed by atoms with van der Waals surface area (Å²) >= 11 is 0. The van der Waals surface area contributed by atoms with Crippen LogP contribution in [0.3, 0.4) is 0 Å². The molecule has 2 aromatic rings. The van der Waals surface area contributed by atoms with Crippen molar-refractivity contribution in [3.8, 4) is 11.5 Å². The van der Waals surface area contributed by atoms with Gasteiger partial charge in [-0.25, -0.2) is 0 Å². The van der Waals surface area contributed by atoms with Gasteiger partial charge in [0, 0.05) is 12.0 Å². The van der Waals surface area contributed by atoms with Crippen molar-refractivity contribution in [1.82, 2.24) is 10.9 Å². The van der Waals surface area contributed by atoms with E-state index in [-0.39, 0.29) is 5.91 Å². The maximum atomic E-state index is 12.1. The maximum absolute atomic E-state index is 12.1. The molecule has 2 aromatic carbocycles. The summed E-state index contributed by atoms with van der Waals surface area (Å²) in [4.78, 5) is 24.0. The lowest BCUT2D eigenvalue weighted by Gasteiger charge is -2.18. The average Bonchev–Trinajstić information content (AvgIpc) is 2.65. The number of carbonyl (C=O) groups is 2. The smallest absolute Gasteiger partial charge is 0.269 e. The fourth-order valence-electron chi connectivity index (χ4n) is 2.46. The molecule has 6 heteroatoms. The number of ether oxygens (including phenoxy) is 2. The van der Waals surface area contributed by atoms with Gasteiger partial charge in [0.05, 0.1) is 0 Å². The SMILES string of the molecule is Cc1ccc(CCC(=O)NNC(=O)c2ccc3c(c2)OCCO3)cc1. The van der Waals surface area contributed by atoms with Gasteiger partial charge >= 0.3 is 0 Å². The molecular formula is C19H20N2O4. The molecule has 0 saturated heterocycles. The van der Waals surface area contributed by atoms with Gasteiger partial charge in [0.25, 0.3) is 5.91 Å². The van der Waals surface area contributed by atoms with Crippen molar-refractivity contribution >= 4 is 11.8 Å². The Hall–Kier alpha value is -3.02. The Morgan fingerprint density at radius 1 is 0.960 bits per heavy atom. The van der Waals surface area contributed by atoms with Crippen molar-refractivity contribution < 1.29 is 19.1 Å². The second-order valence-electron chi connectivity index (χ2n) is 5.85. The van der Waals surface area contributed by atoms with Crippen LogP contribution in [0.5, 0.6) is 11.5 Å². The number of amides is 2. The van der Waals surface area contributed by atoms with Crippen molar-refractivity contribution in [3.05, 3.63) is 59.2 Å². The molecule has 1 aliphatic rings. The monoisotopic (exact) mass is 340 g/mol. The Morgan fingerprint density at radius 2 is 1.68 bits per heavy atom. The largest absolute Gasteiger partial charge is 0.486 e. The normalized spacial score (nSPS) is 12.4. The minimum atomic E-state index is -0.402. The molecule has 25 heavy (non-hydrogen) atoms.